The smallest absolute Gasteiger partial charge is 0.310 e. The molecule has 24 heavy (non-hydrogen) atoms. The minimum Gasteiger partial charge on any atom is -0.481 e. The van der Waals surface area contributed by atoms with Crippen molar-refractivity contribution in [3.8, 4) is 0 Å². The molecule has 0 amide bonds. The van der Waals surface area contributed by atoms with Crippen LogP contribution < -0.4 is 0 Å². The third kappa shape index (κ3) is 1.63. The van der Waals surface area contributed by atoms with E-state index in [1.807, 2.05) is 0 Å². The first-order valence-corrected chi connectivity index (χ1v) is 9.39. The van der Waals surface area contributed by atoms with Crippen molar-refractivity contribution in [1.29, 1.82) is 0 Å². The number of hydrogen-bond donors (Lipinski definition) is 1. The largest absolute Gasteiger partial charge is 0.481 e. The lowest BCUT2D eigenvalue weighted by molar-refractivity contribution is -0.196. The Bertz CT molecular complexity index is 654. The summed E-state index contributed by atoms with van der Waals surface area (Å²) in [7, 11) is 0. The number of rotatable bonds is 1. The van der Waals surface area contributed by atoms with Crippen LogP contribution >= 0.6 is 0 Å². The van der Waals surface area contributed by atoms with Gasteiger partial charge in [-0.2, -0.15) is 0 Å². The molecule has 4 aliphatic carbocycles. The first kappa shape index (κ1) is 16.3. The molecule has 0 aromatic heterocycles. The van der Waals surface area contributed by atoms with Crippen LogP contribution in [0.5, 0.6) is 0 Å². The molecule has 4 nitrogen and oxygen atoms in total. The predicted molar refractivity (Wildman–Crippen MR) is 88.3 cm³/mol. The van der Waals surface area contributed by atoms with Crippen LogP contribution in [0.15, 0.2) is 0 Å². The zero-order chi connectivity index (χ0) is 17.5. The third-order valence-corrected chi connectivity index (χ3v) is 8.78. The Hall–Kier alpha value is -1.19. The Morgan fingerprint density at radius 1 is 1.04 bits per heavy atom. The summed E-state index contributed by atoms with van der Waals surface area (Å²) in [6.45, 7) is 6.06. The molecule has 4 heteroatoms. The molecule has 0 aliphatic heterocycles. The summed E-state index contributed by atoms with van der Waals surface area (Å²) in [6, 6.07) is 0. The summed E-state index contributed by atoms with van der Waals surface area (Å²) in [6.07, 6.45) is 6.05. The van der Waals surface area contributed by atoms with Gasteiger partial charge in [0, 0.05) is 24.2 Å². The number of carboxylic acid groups (broad SMARTS) is 1. The van der Waals surface area contributed by atoms with E-state index in [1.54, 1.807) is 6.92 Å². The summed E-state index contributed by atoms with van der Waals surface area (Å²) in [5.74, 6) is -0.670. The minimum atomic E-state index is -0.954. The maximum absolute atomic E-state index is 13.1. The molecule has 4 aliphatic rings. The lowest BCUT2D eigenvalue weighted by Gasteiger charge is -2.64. The quantitative estimate of drug-likeness (QED) is 0.796. The first-order valence-electron chi connectivity index (χ1n) is 9.39. The second kappa shape index (κ2) is 4.50. The van der Waals surface area contributed by atoms with E-state index < -0.39 is 17.3 Å². The van der Waals surface area contributed by atoms with Gasteiger partial charge in [0.25, 0.3) is 0 Å². The SMILES string of the molecule is C[C@]12CC[C@]3(C1)[C@@H](CC(=O)[C@H]1[C@](C)(C(=O)O)CCC[C@@]13C)CC2=O. The maximum Gasteiger partial charge on any atom is 0.310 e. The second-order valence-corrected chi connectivity index (χ2v) is 9.81. The van der Waals surface area contributed by atoms with Crippen molar-refractivity contribution in [3.63, 3.8) is 0 Å². The number of Topliss-reactive ketones (excluding diaryl/α,β-unsaturated/α-hetero) is 2. The normalized spacial score (nSPS) is 53.5. The average molecular weight is 332 g/mol. The highest BCUT2D eigenvalue weighted by Gasteiger charge is 2.72. The fraction of sp³-hybridized carbons (Fsp3) is 0.850. The van der Waals surface area contributed by atoms with Crippen molar-refractivity contribution >= 4 is 17.5 Å². The van der Waals surface area contributed by atoms with Gasteiger partial charge in [0.2, 0.25) is 0 Å². The van der Waals surface area contributed by atoms with E-state index in [0.29, 0.717) is 25.0 Å². The van der Waals surface area contributed by atoms with E-state index in [2.05, 4.69) is 13.8 Å². The Balaban J connectivity index is 1.87. The third-order valence-electron chi connectivity index (χ3n) is 8.78. The Morgan fingerprint density at radius 3 is 2.42 bits per heavy atom. The van der Waals surface area contributed by atoms with Crippen LogP contribution in [0.25, 0.3) is 0 Å². The molecule has 4 rings (SSSR count). The molecule has 6 atom stereocenters. The number of hydrogen-bond acceptors (Lipinski definition) is 3. The van der Waals surface area contributed by atoms with Gasteiger partial charge in [-0.3, -0.25) is 14.4 Å². The highest BCUT2D eigenvalue weighted by molar-refractivity contribution is 5.93. The van der Waals surface area contributed by atoms with Gasteiger partial charge in [-0.25, -0.2) is 0 Å². The lowest BCUT2D eigenvalue weighted by atomic mass is 9.38. The monoisotopic (exact) mass is 332 g/mol. The standard InChI is InChI=1S/C20H28O4/c1-17-7-8-20(11-17)12(10-14(17)22)9-13(21)15-18(2,16(23)24)5-4-6-19(15,20)3/h12,15H,4-11H2,1-3H3,(H,23,24)/t12-,15-,17-,18+,19-,20-/m0/s1. The van der Waals surface area contributed by atoms with Gasteiger partial charge in [-0.05, 0) is 55.8 Å². The summed E-state index contributed by atoms with van der Waals surface area (Å²) < 4.78 is 0. The number of carbonyl (C=O) groups excluding carboxylic acids is 2. The van der Waals surface area contributed by atoms with Gasteiger partial charge in [-0.1, -0.05) is 20.3 Å². The highest BCUT2D eigenvalue weighted by Crippen LogP contribution is 2.74. The summed E-state index contributed by atoms with van der Waals surface area (Å²) in [4.78, 5) is 37.8. The van der Waals surface area contributed by atoms with E-state index in [9.17, 15) is 19.5 Å². The van der Waals surface area contributed by atoms with Crippen LogP contribution in [0.3, 0.4) is 0 Å². The van der Waals surface area contributed by atoms with E-state index in [1.165, 1.54) is 0 Å². The van der Waals surface area contributed by atoms with Gasteiger partial charge in [0.1, 0.15) is 11.6 Å². The molecular formula is C20H28O4. The zero-order valence-corrected chi connectivity index (χ0v) is 15.0. The van der Waals surface area contributed by atoms with E-state index >= 15 is 0 Å². The number of fused-ring (bicyclic) bond motifs is 2. The van der Waals surface area contributed by atoms with Crippen molar-refractivity contribution in [3.05, 3.63) is 0 Å². The predicted octanol–water partition coefficient (Wildman–Crippen LogP) is 3.62. The second-order valence-electron chi connectivity index (χ2n) is 9.81. The molecule has 1 N–H and O–H groups in total. The van der Waals surface area contributed by atoms with Gasteiger partial charge < -0.3 is 5.11 Å². The molecule has 2 bridgehead atoms. The minimum absolute atomic E-state index is 0.0225. The van der Waals surface area contributed by atoms with Crippen LogP contribution in [0.2, 0.25) is 0 Å². The first-order chi connectivity index (χ1) is 11.1. The molecule has 1 spiro atoms. The van der Waals surface area contributed by atoms with Crippen molar-refractivity contribution in [1.82, 2.24) is 0 Å². The van der Waals surface area contributed by atoms with Crippen LogP contribution in [0.1, 0.15) is 72.1 Å². The molecule has 0 heterocycles. The number of ketones is 2. The molecule has 0 saturated heterocycles. The number of aliphatic carboxylic acids is 1. The molecule has 0 aromatic rings. The van der Waals surface area contributed by atoms with E-state index in [0.717, 1.165) is 32.1 Å². The van der Waals surface area contributed by atoms with Crippen LogP contribution in [-0.4, -0.2) is 22.6 Å². The van der Waals surface area contributed by atoms with Gasteiger partial charge in [0.15, 0.2) is 0 Å². The summed E-state index contributed by atoms with van der Waals surface area (Å²) >= 11 is 0. The van der Waals surface area contributed by atoms with Crippen molar-refractivity contribution < 1.29 is 19.5 Å². The lowest BCUT2D eigenvalue weighted by Crippen LogP contribution is -2.64. The van der Waals surface area contributed by atoms with E-state index in [-0.39, 0.29) is 27.9 Å². The maximum atomic E-state index is 13.1. The topological polar surface area (TPSA) is 71.4 Å². The highest BCUT2D eigenvalue weighted by atomic mass is 16.4. The average Bonchev–Trinajstić information content (AvgIpc) is 2.81. The van der Waals surface area contributed by atoms with E-state index in [4.69, 9.17) is 0 Å². The Morgan fingerprint density at radius 2 is 1.75 bits per heavy atom. The molecule has 0 aromatic carbocycles. The number of carbonyl (C=O) groups is 3. The van der Waals surface area contributed by atoms with Crippen LogP contribution in [0.4, 0.5) is 0 Å². The van der Waals surface area contributed by atoms with Gasteiger partial charge >= 0.3 is 5.97 Å². The molecule has 0 radical (unpaired) electrons. The van der Waals surface area contributed by atoms with Gasteiger partial charge in [-0.15, -0.1) is 0 Å². The van der Waals surface area contributed by atoms with Gasteiger partial charge in [0.05, 0.1) is 5.41 Å². The van der Waals surface area contributed by atoms with Crippen LogP contribution in [-0.2, 0) is 14.4 Å². The zero-order valence-electron chi connectivity index (χ0n) is 15.0. The Labute approximate surface area is 143 Å². The van der Waals surface area contributed by atoms with Crippen molar-refractivity contribution in [2.24, 2.45) is 33.5 Å². The molecule has 4 fully saturated rings. The summed E-state index contributed by atoms with van der Waals surface area (Å²) in [5.41, 5.74) is -1.51. The fourth-order valence-corrected chi connectivity index (χ4v) is 7.50. The number of carboxylic acids is 1. The Kier molecular flexibility index (Phi) is 3.05. The molecular weight excluding hydrogens is 304 g/mol. The fourth-order valence-electron chi connectivity index (χ4n) is 7.50. The molecule has 4 saturated carbocycles. The van der Waals surface area contributed by atoms with Crippen molar-refractivity contribution in [2.75, 3.05) is 0 Å². The van der Waals surface area contributed by atoms with Crippen LogP contribution in [0, 0.1) is 33.5 Å². The van der Waals surface area contributed by atoms with Crippen molar-refractivity contribution in [2.45, 2.75) is 72.1 Å². The summed E-state index contributed by atoms with van der Waals surface area (Å²) in [5, 5.41) is 9.92. The molecule has 0 unspecified atom stereocenters. The molecule has 132 valence electrons.